The molecule has 4 aromatic carbocycles. The van der Waals surface area contributed by atoms with Gasteiger partial charge in [-0.1, -0.05) is 60.7 Å². The van der Waals surface area contributed by atoms with Crippen molar-refractivity contribution < 1.29 is 4.79 Å². The van der Waals surface area contributed by atoms with Crippen LogP contribution in [0.5, 0.6) is 0 Å². The van der Waals surface area contributed by atoms with Gasteiger partial charge in [-0.2, -0.15) is 5.10 Å². The number of rotatable bonds is 10. The van der Waals surface area contributed by atoms with Crippen molar-refractivity contribution >= 4 is 33.5 Å². The van der Waals surface area contributed by atoms with E-state index in [0.29, 0.717) is 30.2 Å². The minimum Gasteiger partial charge on any atom is -0.381 e. The zero-order chi connectivity index (χ0) is 31.5. The van der Waals surface area contributed by atoms with Gasteiger partial charge in [0.25, 0.3) is 5.91 Å². The van der Waals surface area contributed by atoms with Gasteiger partial charge in [0, 0.05) is 41.5 Å². The number of hydrogen-bond acceptors (Lipinski definition) is 6. The monoisotopic (exact) mass is 606 g/mol. The summed E-state index contributed by atoms with van der Waals surface area (Å²) in [7, 11) is 4.00. The quantitative estimate of drug-likeness (QED) is 0.136. The number of fused-ring (bicyclic) bond motifs is 2. The largest absolute Gasteiger partial charge is 0.381 e. The van der Waals surface area contributed by atoms with E-state index >= 15 is 0 Å². The number of imidazole rings is 1. The molecule has 7 rings (SSSR count). The van der Waals surface area contributed by atoms with E-state index < -0.39 is 0 Å². The smallest absolute Gasteiger partial charge is 0.251 e. The van der Waals surface area contributed by atoms with Crippen molar-refractivity contribution in [3.63, 3.8) is 0 Å². The highest BCUT2D eigenvalue weighted by Crippen LogP contribution is 2.29. The maximum Gasteiger partial charge on any atom is 0.251 e. The van der Waals surface area contributed by atoms with E-state index in [2.05, 4.69) is 66.0 Å². The van der Waals surface area contributed by atoms with Crippen LogP contribution in [0.25, 0.3) is 44.7 Å². The molecular weight excluding hydrogens is 572 g/mol. The van der Waals surface area contributed by atoms with E-state index in [4.69, 9.17) is 4.98 Å². The molecule has 0 saturated heterocycles. The average molecular weight is 607 g/mol. The van der Waals surface area contributed by atoms with Gasteiger partial charge in [-0.05, 0) is 73.8 Å². The van der Waals surface area contributed by atoms with Crippen molar-refractivity contribution in [3.05, 3.63) is 132 Å². The van der Waals surface area contributed by atoms with E-state index in [9.17, 15) is 4.79 Å². The summed E-state index contributed by atoms with van der Waals surface area (Å²) in [6.45, 7) is 1.37. The Labute approximate surface area is 266 Å². The number of nitrogens with one attached hydrogen (secondary N) is 4. The third-order valence-electron chi connectivity index (χ3n) is 8.00. The highest BCUT2D eigenvalue weighted by Gasteiger charge is 2.19. The second-order valence-electron chi connectivity index (χ2n) is 11.6. The molecule has 228 valence electrons. The zero-order valence-electron chi connectivity index (χ0n) is 25.7. The molecule has 1 atom stereocenters. The van der Waals surface area contributed by atoms with Gasteiger partial charge in [-0.15, -0.1) is 0 Å². The lowest BCUT2D eigenvalue weighted by Crippen LogP contribution is -2.35. The third-order valence-corrected chi connectivity index (χ3v) is 8.00. The molecule has 1 amide bonds. The number of aromatic amines is 2. The standard InChI is InChI=1S/C37H34N8O/c1-45(2)23-34(25-8-4-3-5-9-25)42-37(46)27-15-17-31-29(20-27)35(44-43-31)36-40-32-18-16-28(21-33(32)41-36)39-22-24-11-13-26(14-12-24)30-10-6-7-19-38-30/h3-21,34,39H,22-23H2,1-2H3,(H,40,41)(H,42,46)(H,43,44)/t34-/m1/s1. The molecule has 0 fully saturated rings. The number of aromatic nitrogens is 5. The van der Waals surface area contributed by atoms with Gasteiger partial charge >= 0.3 is 0 Å². The lowest BCUT2D eigenvalue weighted by Gasteiger charge is -2.23. The Hall–Kier alpha value is -5.80. The Balaban J connectivity index is 1.08. The molecule has 3 heterocycles. The Morgan fingerprint density at radius 1 is 0.870 bits per heavy atom. The minimum absolute atomic E-state index is 0.142. The molecule has 9 heteroatoms. The fourth-order valence-corrected chi connectivity index (χ4v) is 5.62. The van der Waals surface area contributed by atoms with E-state index in [-0.39, 0.29) is 11.9 Å². The Morgan fingerprint density at radius 2 is 1.70 bits per heavy atom. The third kappa shape index (κ3) is 6.22. The number of amides is 1. The molecule has 4 N–H and O–H groups in total. The number of anilines is 1. The van der Waals surface area contributed by atoms with Crippen LogP contribution in [0.3, 0.4) is 0 Å². The van der Waals surface area contributed by atoms with Crippen LogP contribution in [0, 0.1) is 0 Å². The zero-order valence-corrected chi connectivity index (χ0v) is 25.7. The number of benzene rings is 4. The number of nitrogens with zero attached hydrogens (tertiary/aromatic N) is 4. The van der Waals surface area contributed by atoms with Crippen LogP contribution in [0.4, 0.5) is 5.69 Å². The highest BCUT2D eigenvalue weighted by atomic mass is 16.1. The van der Waals surface area contributed by atoms with E-state index in [1.165, 1.54) is 5.56 Å². The van der Waals surface area contributed by atoms with Crippen LogP contribution in [-0.4, -0.2) is 56.6 Å². The summed E-state index contributed by atoms with van der Waals surface area (Å²) in [5, 5.41) is 15.2. The van der Waals surface area contributed by atoms with Crippen LogP contribution in [0.2, 0.25) is 0 Å². The summed E-state index contributed by atoms with van der Waals surface area (Å²) in [6.07, 6.45) is 1.81. The average Bonchev–Trinajstić information content (AvgIpc) is 3.71. The van der Waals surface area contributed by atoms with Gasteiger partial charge in [0.2, 0.25) is 0 Å². The first kappa shape index (κ1) is 28.9. The Kier molecular flexibility index (Phi) is 7.97. The molecule has 0 saturated carbocycles. The Morgan fingerprint density at radius 3 is 2.48 bits per heavy atom. The molecule has 7 aromatic rings. The number of H-pyrrole nitrogens is 2. The molecule has 0 radical (unpaired) electrons. The molecular formula is C37H34N8O. The molecule has 0 bridgehead atoms. The van der Waals surface area contributed by atoms with Crippen LogP contribution in [0.1, 0.15) is 27.5 Å². The normalized spacial score (nSPS) is 12.1. The van der Waals surface area contributed by atoms with Crippen LogP contribution in [-0.2, 0) is 6.54 Å². The lowest BCUT2D eigenvalue weighted by molar-refractivity contribution is 0.0930. The fraction of sp³-hybridized carbons (Fsp3) is 0.135. The molecule has 9 nitrogen and oxygen atoms in total. The van der Waals surface area contributed by atoms with Crippen molar-refractivity contribution in [1.82, 2.24) is 35.4 Å². The molecule has 0 aliphatic carbocycles. The number of pyridine rings is 1. The second kappa shape index (κ2) is 12.7. The van der Waals surface area contributed by atoms with E-state index in [1.54, 1.807) is 0 Å². The van der Waals surface area contributed by atoms with Gasteiger partial charge < -0.3 is 20.5 Å². The van der Waals surface area contributed by atoms with Crippen LogP contribution in [0.15, 0.2) is 115 Å². The molecule has 0 aliphatic heterocycles. The van der Waals surface area contributed by atoms with Gasteiger partial charge in [0.15, 0.2) is 5.82 Å². The Bertz CT molecular complexity index is 2100. The van der Waals surface area contributed by atoms with Crippen molar-refractivity contribution in [3.8, 4) is 22.8 Å². The van der Waals surface area contributed by atoms with Crippen molar-refractivity contribution in [2.75, 3.05) is 26.0 Å². The number of carbonyl (C=O) groups excluding carboxylic acids is 1. The summed E-state index contributed by atoms with van der Waals surface area (Å²) in [5.74, 6) is 0.493. The van der Waals surface area contributed by atoms with Gasteiger partial charge in [-0.25, -0.2) is 4.98 Å². The van der Waals surface area contributed by atoms with Crippen LogP contribution < -0.4 is 10.6 Å². The maximum absolute atomic E-state index is 13.5. The molecule has 3 aromatic heterocycles. The summed E-state index contributed by atoms with van der Waals surface area (Å²) >= 11 is 0. The first-order chi connectivity index (χ1) is 22.5. The molecule has 0 unspecified atom stereocenters. The first-order valence-corrected chi connectivity index (χ1v) is 15.2. The lowest BCUT2D eigenvalue weighted by atomic mass is 10.0. The number of carbonyl (C=O) groups is 1. The molecule has 0 spiro atoms. The molecule has 46 heavy (non-hydrogen) atoms. The SMILES string of the molecule is CN(C)C[C@@H](NC(=O)c1ccc2[nH]nc(-c3nc4ccc(NCc5ccc(-c6ccccn6)cc5)cc4[nH]3)c2c1)c1ccccc1. The van der Waals surface area contributed by atoms with Crippen molar-refractivity contribution in [1.29, 1.82) is 0 Å². The summed E-state index contributed by atoms with van der Waals surface area (Å²) in [4.78, 5) is 28.2. The first-order valence-electron chi connectivity index (χ1n) is 15.2. The molecule has 0 aliphatic rings. The van der Waals surface area contributed by atoms with Gasteiger partial charge in [0.05, 0.1) is 28.3 Å². The van der Waals surface area contributed by atoms with Crippen molar-refractivity contribution in [2.24, 2.45) is 0 Å². The summed E-state index contributed by atoms with van der Waals surface area (Å²) in [5.41, 5.74) is 9.04. The van der Waals surface area contributed by atoms with Crippen molar-refractivity contribution in [2.45, 2.75) is 12.6 Å². The fourth-order valence-electron chi connectivity index (χ4n) is 5.62. The van der Waals surface area contributed by atoms with Crippen LogP contribution >= 0.6 is 0 Å². The van der Waals surface area contributed by atoms with Gasteiger partial charge in [-0.3, -0.25) is 14.9 Å². The topological polar surface area (TPSA) is 115 Å². The van der Waals surface area contributed by atoms with Gasteiger partial charge in [0.1, 0.15) is 5.69 Å². The second-order valence-corrected chi connectivity index (χ2v) is 11.6. The van der Waals surface area contributed by atoms with E-state index in [1.807, 2.05) is 99.2 Å². The minimum atomic E-state index is -0.146. The summed E-state index contributed by atoms with van der Waals surface area (Å²) in [6, 6.07) is 35.9. The summed E-state index contributed by atoms with van der Waals surface area (Å²) < 4.78 is 0. The predicted octanol–water partition coefficient (Wildman–Crippen LogP) is 6.81. The predicted molar refractivity (Wildman–Crippen MR) is 183 cm³/mol. The highest BCUT2D eigenvalue weighted by molar-refractivity contribution is 6.01. The number of hydrogen-bond donors (Lipinski definition) is 4. The maximum atomic E-state index is 13.5. The number of likely N-dealkylation sites (N-methyl/N-ethyl adjacent to an activating group) is 1. The van der Waals surface area contributed by atoms with E-state index in [0.717, 1.165) is 44.4 Å².